The Hall–Kier alpha value is -3.08. The molecule has 3 aromatic rings. The monoisotopic (exact) mass is 364 g/mol. The molecule has 0 spiro atoms. The molecule has 0 aliphatic heterocycles. The molecule has 0 saturated carbocycles. The van der Waals surface area contributed by atoms with E-state index in [0.717, 1.165) is 22.0 Å². The van der Waals surface area contributed by atoms with Crippen LogP contribution in [0.5, 0.6) is 0 Å². The second-order valence-corrected chi connectivity index (χ2v) is 6.89. The third-order valence-corrected chi connectivity index (χ3v) is 4.76. The van der Waals surface area contributed by atoms with E-state index in [1.165, 1.54) is 5.56 Å². The number of aromatic nitrogens is 1. The van der Waals surface area contributed by atoms with Crippen LogP contribution in [0.15, 0.2) is 54.7 Å². The zero-order chi connectivity index (χ0) is 19.2. The summed E-state index contributed by atoms with van der Waals surface area (Å²) in [7, 11) is 0. The molecule has 3 N–H and O–H groups in total. The minimum Gasteiger partial charge on any atom is -0.481 e. The summed E-state index contributed by atoms with van der Waals surface area (Å²) in [4.78, 5) is 26.9. The first-order valence-corrected chi connectivity index (χ1v) is 9.13. The molecule has 0 aliphatic carbocycles. The standard InChI is InChI=1S/C22H24N2O3/c1-15-7-9-20-19(11-15)17(13-23-20)8-10-21(25)24-14-18(22(26)27)12-16-5-3-2-4-6-16/h2-7,9,11,13,18,23H,8,10,12,14H2,1H3,(H,24,25)(H,26,27). The van der Waals surface area contributed by atoms with Crippen LogP contribution in [0.4, 0.5) is 0 Å². The minimum atomic E-state index is -0.897. The van der Waals surface area contributed by atoms with E-state index in [9.17, 15) is 14.7 Å². The van der Waals surface area contributed by atoms with Gasteiger partial charge in [0.2, 0.25) is 5.91 Å². The van der Waals surface area contributed by atoms with Gasteiger partial charge >= 0.3 is 5.97 Å². The van der Waals surface area contributed by atoms with Gasteiger partial charge in [0.1, 0.15) is 0 Å². The van der Waals surface area contributed by atoms with E-state index in [-0.39, 0.29) is 12.5 Å². The number of hydrogen-bond acceptors (Lipinski definition) is 2. The highest BCUT2D eigenvalue weighted by atomic mass is 16.4. The van der Waals surface area contributed by atoms with Crippen LogP contribution in [0, 0.1) is 12.8 Å². The van der Waals surface area contributed by atoms with Crippen molar-refractivity contribution in [1.82, 2.24) is 10.3 Å². The summed E-state index contributed by atoms with van der Waals surface area (Å²) >= 11 is 0. The Bertz CT molecular complexity index is 931. The number of H-pyrrole nitrogens is 1. The van der Waals surface area contributed by atoms with Gasteiger partial charge in [-0.25, -0.2) is 0 Å². The molecule has 2 aromatic carbocycles. The van der Waals surface area contributed by atoms with E-state index in [1.807, 2.05) is 55.6 Å². The fraction of sp³-hybridized carbons (Fsp3) is 0.273. The van der Waals surface area contributed by atoms with Gasteiger partial charge in [0.05, 0.1) is 5.92 Å². The number of hydrogen-bond donors (Lipinski definition) is 3. The Morgan fingerprint density at radius 3 is 2.67 bits per heavy atom. The summed E-state index contributed by atoms with van der Waals surface area (Å²) in [5.74, 6) is -1.66. The fourth-order valence-electron chi connectivity index (χ4n) is 3.22. The zero-order valence-electron chi connectivity index (χ0n) is 15.4. The van der Waals surface area contributed by atoms with E-state index >= 15 is 0 Å². The molecule has 0 saturated heterocycles. The highest BCUT2D eigenvalue weighted by Crippen LogP contribution is 2.20. The molecule has 1 aromatic heterocycles. The highest BCUT2D eigenvalue weighted by Gasteiger charge is 2.19. The quantitative estimate of drug-likeness (QED) is 0.572. The van der Waals surface area contributed by atoms with Crippen LogP contribution in [0.25, 0.3) is 10.9 Å². The Kier molecular flexibility index (Phi) is 5.91. The Morgan fingerprint density at radius 1 is 1.15 bits per heavy atom. The van der Waals surface area contributed by atoms with E-state index in [4.69, 9.17) is 0 Å². The first-order valence-electron chi connectivity index (χ1n) is 9.13. The van der Waals surface area contributed by atoms with Crippen LogP contribution < -0.4 is 5.32 Å². The van der Waals surface area contributed by atoms with Crippen LogP contribution in [0.2, 0.25) is 0 Å². The lowest BCUT2D eigenvalue weighted by atomic mass is 9.99. The van der Waals surface area contributed by atoms with E-state index in [1.54, 1.807) is 0 Å². The lowest BCUT2D eigenvalue weighted by Gasteiger charge is -2.13. The van der Waals surface area contributed by atoms with Gasteiger partial charge in [-0.3, -0.25) is 9.59 Å². The van der Waals surface area contributed by atoms with E-state index in [2.05, 4.69) is 16.4 Å². The molecule has 0 aliphatic rings. The van der Waals surface area contributed by atoms with Crippen molar-refractivity contribution in [3.8, 4) is 0 Å². The number of aliphatic carboxylic acids is 1. The molecule has 1 atom stereocenters. The van der Waals surface area contributed by atoms with Gasteiger partial charge in [0.15, 0.2) is 0 Å². The van der Waals surface area contributed by atoms with Crippen molar-refractivity contribution in [2.24, 2.45) is 5.92 Å². The van der Waals surface area contributed by atoms with Crippen LogP contribution >= 0.6 is 0 Å². The maximum Gasteiger partial charge on any atom is 0.308 e. The second-order valence-electron chi connectivity index (χ2n) is 6.89. The molecule has 27 heavy (non-hydrogen) atoms. The lowest BCUT2D eigenvalue weighted by Crippen LogP contribution is -2.34. The summed E-state index contributed by atoms with van der Waals surface area (Å²) in [5.41, 5.74) is 4.29. The van der Waals surface area contributed by atoms with Crippen molar-refractivity contribution in [1.29, 1.82) is 0 Å². The molecule has 5 nitrogen and oxygen atoms in total. The van der Waals surface area contributed by atoms with Gasteiger partial charge in [-0.1, -0.05) is 42.0 Å². The Balaban J connectivity index is 1.53. The normalized spacial score (nSPS) is 12.0. The predicted octanol–water partition coefficient (Wildman–Crippen LogP) is 3.47. The first kappa shape index (κ1) is 18.7. The largest absolute Gasteiger partial charge is 0.481 e. The number of benzene rings is 2. The number of amides is 1. The van der Waals surface area contributed by atoms with Crippen LogP contribution in [0.3, 0.4) is 0 Å². The maximum absolute atomic E-state index is 12.2. The van der Waals surface area contributed by atoms with Gasteiger partial charge in [0.25, 0.3) is 0 Å². The molecule has 0 fully saturated rings. The molecule has 140 valence electrons. The molecule has 5 heteroatoms. The highest BCUT2D eigenvalue weighted by molar-refractivity contribution is 5.85. The molecular formula is C22H24N2O3. The van der Waals surface area contributed by atoms with Crippen LogP contribution in [0.1, 0.15) is 23.1 Å². The molecule has 1 amide bonds. The number of fused-ring (bicyclic) bond motifs is 1. The molecular weight excluding hydrogens is 340 g/mol. The SMILES string of the molecule is Cc1ccc2[nH]cc(CCC(=O)NCC(Cc3ccccc3)C(=O)O)c2c1. The third kappa shape index (κ3) is 4.97. The molecule has 0 radical (unpaired) electrons. The number of carboxylic acid groups (broad SMARTS) is 1. The number of carbonyl (C=O) groups excluding carboxylic acids is 1. The Morgan fingerprint density at radius 2 is 1.93 bits per heavy atom. The van der Waals surface area contributed by atoms with Crippen molar-refractivity contribution in [2.75, 3.05) is 6.54 Å². The van der Waals surface area contributed by atoms with Gasteiger partial charge in [-0.15, -0.1) is 0 Å². The third-order valence-electron chi connectivity index (χ3n) is 4.76. The molecule has 1 unspecified atom stereocenters. The number of aromatic amines is 1. The fourth-order valence-corrected chi connectivity index (χ4v) is 3.22. The van der Waals surface area contributed by atoms with Crippen molar-refractivity contribution < 1.29 is 14.7 Å². The Labute approximate surface area is 158 Å². The molecule has 3 rings (SSSR count). The van der Waals surface area contributed by atoms with E-state index < -0.39 is 11.9 Å². The number of carbonyl (C=O) groups is 2. The van der Waals surface area contributed by atoms with Gasteiger partial charge in [-0.2, -0.15) is 0 Å². The minimum absolute atomic E-state index is 0.128. The zero-order valence-corrected chi connectivity index (χ0v) is 15.4. The van der Waals surface area contributed by atoms with Crippen molar-refractivity contribution in [2.45, 2.75) is 26.2 Å². The predicted molar refractivity (Wildman–Crippen MR) is 106 cm³/mol. The van der Waals surface area contributed by atoms with Crippen LogP contribution in [-0.2, 0) is 22.4 Å². The van der Waals surface area contributed by atoms with E-state index in [0.29, 0.717) is 19.3 Å². The first-order chi connectivity index (χ1) is 13.0. The summed E-state index contributed by atoms with van der Waals surface area (Å²) < 4.78 is 0. The topological polar surface area (TPSA) is 82.2 Å². The van der Waals surface area contributed by atoms with Gasteiger partial charge in [-0.05, 0) is 43.0 Å². The average molecular weight is 364 g/mol. The smallest absolute Gasteiger partial charge is 0.308 e. The van der Waals surface area contributed by atoms with Gasteiger partial charge < -0.3 is 15.4 Å². The average Bonchev–Trinajstić information content (AvgIpc) is 3.06. The summed E-state index contributed by atoms with van der Waals surface area (Å²) in [6, 6.07) is 15.7. The van der Waals surface area contributed by atoms with Crippen molar-refractivity contribution in [3.63, 3.8) is 0 Å². The van der Waals surface area contributed by atoms with Crippen LogP contribution in [-0.4, -0.2) is 28.5 Å². The maximum atomic E-state index is 12.2. The van der Waals surface area contributed by atoms with Crippen molar-refractivity contribution >= 4 is 22.8 Å². The second kappa shape index (κ2) is 8.54. The van der Waals surface area contributed by atoms with Gasteiger partial charge in [0, 0.05) is 30.1 Å². The summed E-state index contributed by atoms with van der Waals surface area (Å²) in [5, 5.41) is 13.3. The number of carboxylic acids is 1. The summed E-state index contributed by atoms with van der Waals surface area (Å²) in [6.07, 6.45) is 3.29. The number of aryl methyl sites for hydroxylation is 2. The summed E-state index contributed by atoms with van der Waals surface area (Å²) in [6.45, 7) is 2.18. The van der Waals surface area contributed by atoms with Crippen molar-refractivity contribution in [3.05, 3.63) is 71.4 Å². The molecule has 1 heterocycles. The number of nitrogens with one attached hydrogen (secondary N) is 2. The lowest BCUT2D eigenvalue weighted by molar-refractivity contribution is -0.141. The molecule has 0 bridgehead atoms. The number of rotatable bonds is 8.